The average Bonchev–Trinajstić information content (AvgIpc) is 2.59. The Hall–Kier alpha value is -0.300. The lowest BCUT2D eigenvalue weighted by Crippen LogP contribution is -2.37. The molecule has 0 spiro atoms. The van der Waals surface area contributed by atoms with E-state index >= 15 is 0 Å². The first-order valence-electron chi connectivity index (χ1n) is 6.66. The van der Waals surface area contributed by atoms with Gasteiger partial charge in [-0.2, -0.15) is 0 Å². The summed E-state index contributed by atoms with van der Waals surface area (Å²) in [5.41, 5.74) is 2.12. The highest BCUT2D eigenvalue weighted by atomic mass is 32.1. The molecule has 1 aliphatic carbocycles. The quantitative estimate of drug-likeness (QED) is 0.632. The van der Waals surface area contributed by atoms with E-state index in [0.717, 1.165) is 11.8 Å². The second-order valence-corrected chi connectivity index (χ2v) is 6.81. The summed E-state index contributed by atoms with van der Waals surface area (Å²) in [6.45, 7) is 9.64. The van der Waals surface area contributed by atoms with Crippen molar-refractivity contribution in [3.05, 3.63) is 21.9 Å². The maximum absolute atomic E-state index is 2.41. The third-order valence-electron chi connectivity index (χ3n) is 4.55. The summed E-state index contributed by atoms with van der Waals surface area (Å²) in [7, 11) is 0. The van der Waals surface area contributed by atoms with Crippen molar-refractivity contribution in [3.8, 4) is 0 Å². The normalized spacial score (nSPS) is 19.9. The molecule has 1 aromatic rings. The highest BCUT2D eigenvalue weighted by Gasteiger charge is 2.41. The Morgan fingerprint density at radius 3 is 2.44 bits per heavy atom. The molecule has 1 heteroatoms. The lowest BCUT2D eigenvalue weighted by Gasteiger charge is -2.41. The van der Waals surface area contributed by atoms with Crippen LogP contribution in [-0.2, 0) is 11.8 Å². The number of aryl methyl sites for hydroxylation is 1. The van der Waals surface area contributed by atoms with Crippen LogP contribution in [0.4, 0.5) is 0 Å². The van der Waals surface area contributed by atoms with Gasteiger partial charge in [0.25, 0.3) is 0 Å². The van der Waals surface area contributed by atoms with Crippen LogP contribution < -0.4 is 0 Å². The molecule has 0 bridgehead atoms. The first kappa shape index (κ1) is 12.2. The molecular weight excluding hydrogens is 212 g/mol. The summed E-state index contributed by atoms with van der Waals surface area (Å²) in [4.78, 5) is 1.67. The molecule has 0 unspecified atom stereocenters. The minimum atomic E-state index is 0.436. The topological polar surface area (TPSA) is 0 Å². The van der Waals surface area contributed by atoms with Crippen molar-refractivity contribution >= 4 is 11.3 Å². The second-order valence-electron chi connectivity index (χ2n) is 5.81. The molecule has 1 aliphatic rings. The Morgan fingerprint density at radius 1 is 1.12 bits per heavy atom. The zero-order valence-electron chi connectivity index (χ0n) is 11.0. The maximum atomic E-state index is 2.41. The monoisotopic (exact) mass is 236 g/mol. The van der Waals surface area contributed by atoms with Crippen LogP contribution >= 0.6 is 11.3 Å². The van der Waals surface area contributed by atoms with Crippen molar-refractivity contribution < 1.29 is 0 Å². The van der Waals surface area contributed by atoms with E-state index in [1.54, 1.807) is 10.4 Å². The van der Waals surface area contributed by atoms with Gasteiger partial charge in [0, 0.05) is 10.3 Å². The first-order valence-corrected chi connectivity index (χ1v) is 7.54. The van der Waals surface area contributed by atoms with E-state index < -0.39 is 0 Å². The molecule has 0 N–H and O–H groups in total. The standard InChI is InChI=1S/C15H24S/c1-11(2)15(12(3)4)9-6-5-7-14-13(15)8-10-16-14/h8,10-12H,5-7,9H2,1-4H3. The largest absolute Gasteiger partial charge is 0.149 e. The Labute approximate surface area is 104 Å². The summed E-state index contributed by atoms with van der Waals surface area (Å²) in [6.07, 6.45) is 5.48. The molecule has 1 heterocycles. The van der Waals surface area contributed by atoms with Crippen LogP contribution in [0.2, 0.25) is 0 Å². The molecule has 90 valence electrons. The van der Waals surface area contributed by atoms with Gasteiger partial charge in [0.05, 0.1) is 0 Å². The smallest absolute Gasteiger partial charge is 0.00830 e. The molecule has 0 amide bonds. The van der Waals surface area contributed by atoms with E-state index in [9.17, 15) is 0 Å². The van der Waals surface area contributed by atoms with Crippen molar-refractivity contribution in [1.29, 1.82) is 0 Å². The highest BCUT2D eigenvalue weighted by molar-refractivity contribution is 7.10. The molecule has 0 nitrogen and oxygen atoms in total. The minimum Gasteiger partial charge on any atom is -0.149 e. The van der Waals surface area contributed by atoms with E-state index in [1.807, 2.05) is 11.3 Å². The van der Waals surface area contributed by atoms with E-state index in [-0.39, 0.29) is 0 Å². The molecule has 16 heavy (non-hydrogen) atoms. The summed E-state index contributed by atoms with van der Waals surface area (Å²) >= 11 is 1.98. The molecular formula is C15H24S. The zero-order chi connectivity index (χ0) is 11.8. The van der Waals surface area contributed by atoms with E-state index in [4.69, 9.17) is 0 Å². The molecule has 0 aliphatic heterocycles. The summed E-state index contributed by atoms with van der Waals surface area (Å²) < 4.78 is 0. The van der Waals surface area contributed by atoms with Crippen LogP contribution in [0.1, 0.15) is 57.4 Å². The van der Waals surface area contributed by atoms with E-state index in [1.165, 1.54) is 25.7 Å². The fraction of sp³-hybridized carbons (Fsp3) is 0.733. The molecule has 0 atom stereocenters. The van der Waals surface area contributed by atoms with Crippen molar-refractivity contribution in [3.63, 3.8) is 0 Å². The molecule has 1 aromatic heterocycles. The number of fused-ring (bicyclic) bond motifs is 1. The van der Waals surface area contributed by atoms with Gasteiger partial charge in [-0.3, -0.25) is 0 Å². The SMILES string of the molecule is CC(C)C1(C(C)C)CCCCc2sccc21. The van der Waals surface area contributed by atoms with Gasteiger partial charge >= 0.3 is 0 Å². The highest BCUT2D eigenvalue weighted by Crippen LogP contribution is 2.48. The van der Waals surface area contributed by atoms with Gasteiger partial charge in [0.1, 0.15) is 0 Å². The number of hydrogen-bond acceptors (Lipinski definition) is 1. The van der Waals surface area contributed by atoms with E-state index in [0.29, 0.717) is 5.41 Å². The summed E-state index contributed by atoms with van der Waals surface area (Å²) in [6, 6.07) is 2.41. The summed E-state index contributed by atoms with van der Waals surface area (Å²) in [5.74, 6) is 1.50. The number of hydrogen-bond donors (Lipinski definition) is 0. The van der Waals surface area contributed by atoms with Gasteiger partial charge in [0.15, 0.2) is 0 Å². The van der Waals surface area contributed by atoms with Crippen molar-refractivity contribution in [2.75, 3.05) is 0 Å². The molecule has 0 saturated carbocycles. The fourth-order valence-electron chi connectivity index (χ4n) is 3.65. The van der Waals surface area contributed by atoms with Gasteiger partial charge in [-0.05, 0) is 48.1 Å². The van der Waals surface area contributed by atoms with Gasteiger partial charge in [0.2, 0.25) is 0 Å². The van der Waals surface area contributed by atoms with Crippen LogP contribution in [0, 0.1) is 11.8 Å². The van der Waals surface area contributed by atoms with Gasteiger partial charge in [-0.15, -0.1) is 11.3 Å². The van der Waals surface area contributed by atoms with E-state index in [2.05, 4.69) is 39.1 Å². The third kappa shape index (κ3) is 1.73. The van der Waals surface area contributed by atoms with Crippen LogP contribution in [0.3, 0.4) is 0 Å². The summed E-state index contributed by atoms with van der Waals surface area (Å²) in [5, 5.41) is 2.30. The number of thiophene rings is 1. The Balaban J connectivity index is 2.53. The van der Waals surface area contributed by atoms with Gasteiger partial charge in [-0.25, -0.2) is 0 Å². The first-order chi connectivity index (χ1) is 7.59. The third-order valence-corrected chi connectivity index (χ3v) is 5.53. The average molecular weight is 236 g/mol. The van der Waals surface area contributed by atoms with Crippen LogP contribution in [-0.4, -0.2) is 0 Å². The molecule has 0 radical (unpaired) electrons. The van der Waals surface area contributed by atoms with Crippen molar-refractivity contribution in [2.45, 2.75) is 58.8 Å². The predicted molar refractivity (Wildman–Crippen MR) is 73.2 cm³/mol. The second kappa shape index (κ2) is 4.52. The Bertz CT molecular complexity index is 338. The van der Waals surface area contributed by atoms with Crippen LogP contribution in [0.15, 0.2) is 11.4 Å². The van der Waals surface area contributed by atoms with Gasteiger partial charge < -0.3 is 0 Å². The molecule has 2 rings (SSSR count). The zero-order valence-corrected chi connectivity index (χ0v) is 11.9. The Morgan fingerprint density at radius 2 is 1.81 bits per heavy atom. The van der Waals surface area contributed by atoms with Crippen LogP contribution in [0.5, 0.6) is 0 Å². The Kier molecular flexibility index (Phi) is 3.44. The van der Waals surface area contributed by atoms with Crippen LogP contribution in [0.25, 0.3) is 0 Å². The predicted octanol–water partition coefficient (Wildman–Crippen LogP) is 5.02. The van der Waals surface area contributed by atoms with Crippen molar-refractivity contribution in [2.24, 2.45) is 11.8 Å². The van der Waals surface area contributed by atoms with Gasteiger partial charge in [-0.1, -0.05) is 34.1 Å². The lowest BCUT2D eigenvalue weighted by molar-refractivity contribution is 0.200. The molecule has 0 saturated heterocycles. The molecule has 0 aromatic carbocycles. The van der Waals surface area contributed by atoms with Crippen molar-refractivity contribution in [1.82, 2.24) is 0 Å². The number of rotatable bonds is 2. The lowest BCUT2D eigenvalue weighted by atomic mass is 9.63. The molecule has 0 fully saturated rings. The maximum Gasteiger partial charge on any atom is 0.00830 e. The minimum absolute atomic E-state index is 0.436. The fourth-order valence-corrected chi connectivity index (χ4v) is 4.67.